The molecule has 6 aromatic carbocycles. The summed E-state index contributed by atoms with van der Waals surface area (Å²) in [6, 6.07) is 42.6. The van der Waals surface area contributed by atoms with E-state index < -0.39 is 0 Å². The van der Waals surface area contributed by atoms with Gasteiger partial charge in [0.05, 0.1) is 10.5 Å². The van der Waals surface area contributed by atoms with Crippen molar-refractivity contribution in [2.45, 2.75) is 0 Å². The van der Waals surface area contributed by atoms with Crippen LogP contribution in [0.4, 0.5) is 5.69 Å². The van der Waals surface area contributed by atoms with Gasteiger partial charge in [0.1, 0.15) is 0 Å². The fourth-order valence-electron chi connectivity index (χ4n) is 4.73. The SMILES string of the molecule is O=[N+]([O-])c1ccccc1-c1cc(-c2ccc3ccccc3c2)cc(-c2ccc3ccccc3c2)c1. The van der Waals surface area contributed by atoms with Gasteiger partial charge in [-0.15, -0.1) is 0 Å². The van der Waals surface area contributed by atoms with E-state index in [9.17, 15) is 10.1 Å². The average Bonchev–Trinajstić information content (AvgIpc) is 2.92. The molecule has 0 radical (unpaired) electrons. The third-order valence-corrected chi connectivity index (χ3v) is 6.51. The first-order chi connectivity index (χ1) is 17.2. The zero-order valence-corrected chi connectivity index (χ0v) is 18.9. The number of hydrogen-bond acceptors (Lipinski definition) is 2. The number of para-hydroxylation sites is 1. The third kappa shape index (κ3) is 3.94. The Balaban J connectivity index is 1.59. The Morgan fingerprint density at radius 3 is 1.43 bits per heavy atom. The van der Waals surface area contributed by atoms with Gasteiger partial charge in [-0.05, 0) is 85.8 Å². The fraction of sp³-hybridized carbons (Fsp3) is 0. The lowest BCUT2D eigenvalue weighted by molar-refractivity contribution is -0.384. The summed E-state index contributed by atoms with van der Waals surface area (Å²) in [5, 5.41) is 16.5. The van der Waals surface area contributed by atoms with Crippen molar-refractivity contribution in [3.63, 3.8) is 0 Å². The van der Waals surface area contributed by atoms with E-state index in [0.717, 1.165) is 38.6 Å². The largest absolute Gasteiger partial charge is 0.277 e. The highest BCUT2D eigenvalue weighted by Gasteiger charge is 2.16. The summed E-state index contributed by atoms with van der Waals surface area (Å²) >= 11 is 0. The minimum Gasteiger partial charge on any atom is -0.258 e. The average molecular weight is 452 g/mol. The first-order valence-electron chi connectivity index (χ1n) is 11.5. The molecule has 6 rings (SSSR count). The van der Waals surface area contributed by atoms with Gasteiger partial charge in [-0.1, -0.05) is 84.9 Å². The number of nitro groups is 1. The Morgan fingerprint density at radius 2 is 0.886 bits per heavy atom. The molecule has 0 saturated carbocycles. The van der Waals surface area contributed by atoms with Crippen molar-refractivity contribution in [1.82, 2.24) is 0 Å². The molecule has 0 N–H and O–H groups in total. The monoisotopic (exact) mass is 451 g/mol. The molecule has 0 fully saturated rings. The van der Waals surface area contributed by atoms with E-state index in [-0.39, 0.29) is 10.6 Å². The van der Waals surface area contributed by atoms with Crippen LogP contribution in [-0.2, 0) is 0 Å². The second kappa shape index (κ2) is 8.54. The lowest BCUT2D eigenvalue weighted by Gasteiger charge is -2.13. The molecule has 0 aliphatic rings. The van der Waals surface area contributed by atoms with E-state index in [1.807, 2.05) is 36.4 Å². The molecule has 0 aliphatic heterocycles. The number of fused-ring (bicyclic) bond motifs is 2. The highest BCUT2D eigenvalue weighted by atomic mass is 16.6. The van der Waals surface area contributed by atoms with Gasteiger partial charge in [0.2, 0.25) is 0 Å². The molecule has 0 heterocycles. The van der Waals surface area contributed by atoms with E-state index in [0.29, 0.717) is 5.56 Å². The molecule has 3 nitrogen and oxygen atoms in total. The Hall–Kier alpha value is -4.76. The Bertz CT molecular complexity index is 1640. The molecule has 0 atom stereocenters. The number of rotatable bonds is 4. The molecule has 0 saturated heterocycles. The number of nitrogens with zero attached hydrogens (tertiary/aromatic N) is 1. The Morgan fingerprint density at radius 1 is 0.429 bits per heavy atom. The highest BCUT2D eigenvalue weighted by Crippen LogP contribution is 2.37. The van der Waals surface area contributed by atoms with Crippen molar-refractivity contribution < 1.29 is 4.92 Å². The Kier molecular flexibility index (Phi) is 5.08. The molecule has 0 bridgehead atoms. The predicted octanol–water partition coefficient (Wildman–Crippen LogP) is 8.90. The molecule has 166 valence electrons. The standard InChI is InChI=1S/C32H21NO2/c34-33(35)32-12-6-5-11-31(32)30-20-28(26-15-13-22-7-1-3-9-24(22)17-26)19-29(21-30)27-16-14-23-8-2-4-10-25(23)18-27/h1-21H. The molecule has 0 unspecified atom stereocenters. The lowest BCUT2D eigenvalue weighted by atomic mass is 9.91. The van der Waals surface area contributed by atoms with Crippen LogP contribution >= 0.6 is 0 Å². The summed E-state index contributed by atoms with van der Waals surface area (Å²) in [7, 11) is 0. The van der Waals surface area contributed by atoms with Gasteiger partial charge in [-0.2, -0.15) is 0 Å². The lowest BCUT2D eigenvalue weighted by Crippen LogP contribution is -1.93. The van der Waals surface area contributed by atoms with Crippen LogP contribution < -0.4 is 0 Å². The molecular weight excluding hydrogens is 430 g/mol. The van der Waals surface area contributed by atoms with E-state index in [4.69, 9.17) is 0 Å². The topological polar surface area (TPSA) is 43.1 Å². The van der Waals surface area contributed by atoms with Crippen molar-refractivity contribution >= 4 is 27.2 Å². The van der Waals surface area contributed by atoms with Crippen LogP contribution in [0.3, 0.4) is 0 Å². The van der Waals surface area contributed by atoms with Gasteiger partial charge in [0.15, 0.2) is 0 Å². The van der Waals surface area contributed by atoms with Gasteiger partial charge in [0.25, 0.3) is 5.69 Å². The maximum atomic E-state index is 11.8. The van der Waals surface area contributed by atoms with Crippen molar-refractivity contribution in [2.75, 3.05) is 0 Å². The van der Waals surface area contributed by atoms with E-state index in [1.54, 1.807) is 12.1 Å². The summed E-state index contributed by atoms with van der Waals surface area (Å²) in [6.45, 7) is 0. The van der Waals surface area contributed by atoms with Crippen LogP contribution in [0.5, 0.6) is 0 Å². The summed E-state index contributed by atoms with van der Waals surface area (Å²) in [6.07, 6.45) is 0. The van der Waals surface area contributed by atoms with Crippen molar-refractivity contribution in [3.05, 3.63) is 138 Å². The maximum Gasteiger partial charge on any atom is 0.277 e. The van der Waals surface area contributed by atoms with Gasteiger partial charge < -0.3 is 0 Å². The van der Waals surface area contributed by atoms with Gasteiger partial charge in [-0.25, -0.2) is 0 Å². The minimum atomic E-state index is -0.312. The van der Waals surface area contributed by atoms with Gasteiger partial charge >= 0.3 is 0 Å². The minimum absolute atomic E-state index is 0.104. The van der Waals surface area contributed by atoms with Crippen LogP contribution in [0.25, 0.3) is 54.9 Å². The van der Waals surface area contributed by atoms with Gasteiger partial charge in [0, 0.05) is 6.07 Å². The van der Waals surface area contributed by atoms with Crippen LogP contribution in [0, 0.1) is 10.1 Å². The fourth-order valence-corrected chi connectivity index (χ4v) is 4.73. The first-order valence-corrected chi connectivity index (χ1v) is 11.5. The third-order valence-electron chi connectivity index (χ3n) is 6.51. The number of nitro benzene ring substituents is 1. The summed E-state index contributed by atoms with van der Waals surface area (Å²) in [5.74, 6) is 0. The molecule has 0 spiro atoms. The van der Waals surface area contributed by atoms with E-state index in [1.165, 1.54) is 10.8 Å². The second-order valence-electron chi connectivity index (χ2n) is 8.70. The molecule has 0 aliphatic carbocycles. The zero-order valence-electron chi connectivity index (χ0n) is 18.9. The number of hydrogen-bond donors (Lipinski definition) is 0. The number of benzene rings is 6. The van der Waals surface area contributed by atoms with Crippen LogP contribution in [0.1, 0.15) is 0 Å². The van der Waals surface area contributed by atoms with Crippen molar-refractivity contribution in [1.29, 1.82) is 0 Å². The summed E-state index contributed by atoms with van der Waals surface area (Å²) in [5.41, 5.74) is 5.74. The molecule has 35 heavy (non-hydrogen) atoms. The molecular formula is C32H21NO2. The highest BCUT2D eigenvalue weighted by molar-refractivity contribution is 5.92. The van der Waals surface area contributed by atoms with E-state index >= 15 is 0 Å². The van der Waals surface area contributed by atoms with Crippen LogP contribution in [0.2, 0.25) is 0 Å². The molecule has 0 aromatic heterocycles. The smallest absolute Gasteiger partial charge is 0.258 e. The Labute approximate surface area is 203 Å². The predicted molar refractivity (Wildman–Crippen MR) is 144 cm³/mol. The van der Waals surface area contributed by atoms with Crippen molar-refractivity contribution in [2.24, 2.45) is 0 Å². The summed E-state index contributed by atoms with van der Waals surface area (Å²) in [4.78, 5) is 11.5. The normalized spacial score (nSPS) is 11.1. The van der Waals surface area contributed by atoms with Crippen LogP contribution in [0.15, 0.2) is 127 Å². The quantitative estimate of drug-likeness (QED) is 0.198. The van der Waals surface area contributed by atoms with Gasteiger partial charge in [-0.3, -0.25) is 10.1 Å². The second-order valence-corrected chi connectivity index (χ2v) is 8.70. The van der Waals surface area contributed by atoms with Crippen molar-refractivity contribution in [3.8, 4) is 33.4 Å². The molecule has 0 amide bonds. The van der Waals surface area contributed by atoms with Crippen LogP contribution in [-0.4, -0.2) is 4.92 Å². The molecule has 6 aromatic rings. The molecule has 3 heteroatoms. The first kappa shape index (κ1) is 20.8. The maximum absolute atomic E-state index is 11.8. The van der Waals surface area contributed by atoms with E-state index in [2.05, 4.69) is 78.9 Å². The summed E-state index contributed by atoms with van der Waals surface area (Å²) < 4.78 is 0. The zero-order chi connectivity index (χ0) is 23.8.